The molecular weight excluding hydrogens is 331 g/mol. The number of fused-ring (bicyclic) bond motifs is 1. The molecule has 1 atom stereocenters. The van der Waals surface area contributed by atoms with Crippen molar-refractivity contribution >= 4 is 33.4 Å². The summed E-state index contributed by atoms with van der Waals surface area (Å²) in [5.41, 5.74) is 0.101. The summed E-state index contributed by atoms with van der Waals surface area (Å²) in [6, 6.07) is 3.77. The molecule has 2 aromatic rings. The van der Waals surface area contributed by atoms with Crippen LogP contribution in [0.1, 0.15) is 22.3 Å². The van der Waals surface area contributed by atoms with Crippen LogP contribution in [-0.4, -0.2) is 40.8 Å². The summed E-state index contributed by atoms with van der Waals surface area (Å²) in [4.78, 5) is 29.3. The van der Waals surface area contributed by atoms with E-state index in [9.17, 15) is 22.8 Å². The van der Waals surface area contributed by atoms with Crippen molar-refractivity contribution in [1.29, 1.82) is 0 Å². The largest absolute Gasteiger partial charge is 0.443 e. The fourth-order valence-electron chi connectivity index (χ4n) is 2.46. The van der Waals surface area contributed by atoms with Crippen molar-refractivity contribution in [2.75, 3.05) is 13.1 Å². The van der Waals surface area contributed by atoms with Crippen LogP contribution in [0.4, 0.5) is 13.2 Å². The van der Waals surface area contributed by atoms with Crippen LogP contribution in [0.15, 0.2) is 18.2 Å². The van der Waals surface area contributed by atoms with Crippen LogP contribution < -0.4 is 5.32 Å². The lowest BCUT2D eigenvalue weighted by atomic mass is 10.1. The average molecular weight is 343 g/mol. The fourth-order valence-corrected chi connectivity index (χ4v) is 3.32. The normalized spacial score (nSPS) is 19.0. The second-order valence-electron chi connectivity index (χ2n) is 5.13. The Kier molecular flexibility index (Phi) is 3.75. The van der Waals surface area contributed by atoms with Gasteiger partial charge in [-0.2, -0.15) is 13.2 Å². The van der Waals surface area contributed by atoms with E-state index in [1.807, 2.05) is 0 Å². The van der Waals surface area contributed by atoms with Crippen molar-refractivity contribution in [3.8, 4) is 0 Å². The van der Waals surface area contributed by atoms with Crippen molar-refractivity contribution in [1.82, 2.24) is 15.2 Å². The molecule has 1 aromatic heterocycles. The minimum atomic E-state index is -4.55. The molecule has 1 saturated heterocycles. The third kappa shape index (κ3) is 2.76. The number of thiazole rings is 1. The van der Waals surface area contributed by atoms with Crippen LogP contribution in [0, 0.1) is 0 Å². The number of para-hydroxylation sites is 1. The lowest BCUT2D eigenvalue weighted by Gasteiger charge is -2.32. The number of aromatic nitrogens is 1. The molecule has 1 fully saturated rings. The van der Waals surface area contributed by atoms with Gasteiger partial charge in [0.2, 0.25) is 5.91 Å². The predicted molar refractivity (Wildman–Crippen MR) is 78.1 cm³/mol. The summed E-state index contributed by atoms with van der Waals surface area (Å²) < 4.78 is 38.8. The Balaban J connectivity index is 2.04. The van der Waals surface area contributed by atoms with E-state index in [0.29, 0.717) is 24.4 Å². The molecule has 1 aliphatic heterocycles. The highest BCUT2D eigenvalue weighted by atomic mass is 32.1. The first-order chi connectivity index (χ1) is 10.8. The van der Waals surface area contributed by atoms with E-state index < -0.39 is 23.1 Å². The lowest BCUT2D eigenvalue weighted by Crippen LogP contribution is -2.55. The van der Waals surface area contributed by atoms with Crippen molar-refractivity contribution in [3.63, 3.8) is 0 Å². The van der Waals surface area contributed by atoms with Gasteiger partial charge in [0, 0.05) is 13.1 Å². The minimum Gasteiger partial charge on any atom is -0.353 e. The zero-order chi connectivity index (χ0) is 16.8. The molecule has 1 unspecified atom stereocenters. The fraction of sp³-hybridized carbons (Fsp3) is 0.357. The highest BCUT2D eigenvalue weighted by Gasteiger charge is 2.36. The zero-order valence-corrected chi connectivity index (χ0v) is 12.8. The summed E-state index contributed by atoms with van der Waals surface area (Å²) in [7, 11) is 0. The van der Waals surface area contributed by atoms with E-state index in [0.717, 1.165) is 0 Å². The Labute approximate surface area is 133 Å². The average Bonchev–Trinajstić information content (AvgIpc) is 2.93. The number of carbonyl (C=O) groups is 2. The Morgan fingerprint density at radius 2 is 2.17 bits per heavy atom. The van der Waals surface area contributed by atoms with E-state index in [2.05, 4.69) is 10.3 Å². The van der Waals surface area contributed by atoms with Crippen LogP contribution >= 0.6 is 11.3 Å². The monoisotopic (exact) mass is 343 g/mol. The molecule has 5 nitrogen and oxygen atoms in total. The number of alkyl halides is 3. The zero-order valence-electron chi connectivity index (χ0n) is 12.0. The smallest absolute Gasteiger partial charge is 0.353 e. The van der Waals surface area contributed by atoms with Gasteiger partial charge in [-0.25, -0.2) is 4.98 Å². The molecule has 0 radical (unpaired) electrons. The van der Waals surface area contributed by atoms with Gasteiger partial charge in [-0.05, 0) is 19.1 Å². The SMILES string of the molecule is CC1C(=O)NCCN1C(=O)c1cccc2sc(C(F)(F)F)nc12. The molecule has 122 valence electrons. The van der Waals surface area contributed by atoms with Gasteiger partial charge in [-0.15, -0.1) is 11.3 Å². The van der Waals surface area contributed by atoms with Crippen LogP contribution in [0.25, 0.3) is 10.2 Å². The first-order valence-electron chi connectivity index (χ1n) is 6.84. The van der Waals surface area contributed by atoms with Crippen molar-refractivity contribution in [3.05, 3.63) is 28.8 Å². The van der Waals surface area contributed by atoms with Crippen molar-refractivity contribution in [2.45, 2.75) is 19.1 Å². The van der Waals surface area contributed by atoms with Gasteiger partial charge in [-0.1, -0.05) is 6.07 Å². The number of benzene rings is 1. The van der Waals surface area contributed by atoms with Gasteiger partial charge in [0.25, 0.3) is 5.91 Å². The number of rotatable bonds is 1. The molecule has 2 amide bonds. The van der Waals surface area contributed by atoms with Crippen LogP contribution in [0.3, 0.4) is 0 Å². The summed E-state index contributed by atoms with van der Waals surface area (Å²) in [5, 5.41) is 1.65. The Morgan fingerprint density at radius 3 is 2.87 bits per heavy atom. The van der Waals surface area contributed by atoms with E-state index in [1.54, 1.807) is 6.92 Å². The third-order valence-electron chi connectivity index (χ3n) is 3.65. The first kappa shape index (κ1) is 15.7. The molecule has 1 N–H and O–H groups in total. The maximum absolute atomic E-state index is 12.8. The summed E-state index contributed by atoms with van der Waals surface area (Å²) in [6.45, 7) is 2.20. The van der Waals surface area contributed by atoms with E-state index in [-0.39, 0.29) is 21.7 Å². The topological polar surface area (TPSA) is 62.3 Å². The minimum absolute atomic E-state index is 0.0213. The number of piperazine rings is 1. The number of hydrogen-bond donors (Lipinski definition) is 1. The number of nitrogens with zero attached hydrogens (tertiary/aromatic N) is 2. The summed E-state index contributed by atoms with van der Waals surface area (Å²) in [5.74, 6) is -0.775. The predicted octanol–water partition coefficient (Wildman–Crippen LogP) is 2.28. The Hall–Kier alpha value is -2.16. The quantitative estimate of drug-likeness (QED) is 0.864. The highest BCUT2D eigenvalue weighted by molar-refractivity contribution is 7.18. The van der Waals surface area contributed by atoms with Gasteiger partial charge >= 0.3 is 6.18 Å². The van der Waals surface area contributed by atoms with E-state index in [4.69, 9.17) is 0 Å². The molecule has 23 heavy (non-hydrogen) atoms. The molecular formula is C14H12F3N3O2S. The molecule has 2 heterocycles. The third-order valence-corrected chi connectivity index (χ3v) is 4.72. The van der Waals surface area contributed by atoms with Crippen molar-refractivity contribution in [2.24, 2.45) is 0 Å². The van der Waals surface area contributed by atoms with Gasteiger partial charge in [-0.3, -0.25) is 9.59 Å². The Morgan fingerprint density at radius 1 is 1.43 bits per heavy atom. The summed E-state index contributed by atoms with van der Waals surface area (Å²) >= 11 is 0.498. The second-order valence-corrected chi connectivity index (χ2v) is 6.17. The lowest BCUT2D eigenvalue weighted by molar-refractivity contribution is -0.137. The molecule has 9 heteroatoms. The second kappa shape index (κ2) is 5.48. The number of nitrogens with one attached hydrogen (secondary N) is 1. The standard InChI is InChI=1S/C14H12F3N3O2S/c1-7-11(21)18-5-6-20(7)12(22)8-3-2-4-9-10(8)19-13(23-9)14(15,16)17/h2-4,7H,5-6H2,1H3,(H,18,21). The Bertz CT molecular complexity index is 787. The summed E-state index contributed by atoms with van der Waals surface area (Å²) in [6.07, 6.45) is -4.55. The molecule has 0 spiro atoms. The molecule has 0 aliphatic carbocycles. The maximum atomic E-state index is 12.8. The van der Waals surface area contributed by atoms with Crippen LogP contribution in [0.5, 0.6) is 0 Å². The molecule has 0 bridgehead atoms. The van der Waals surface area contributed by atoms with E-state index in [1.165, 1.54) is 23.1 Å². The molecule has 1 aromatic carbocycles. The van der Waals surface area contributed by atoms with Gasteiger partial charge in [0.1, 0.15) is 6.04 Å². The highest BCUT2D eigenvalue weighted by Crippen LogP contribution is 2.36. The van der Waals surface area contributed by atoms with Crippen LogP contribution in [0.2, 0.25) is 0 Å². The van der Waals surface area contributed by atoms with Crippen LogP contribution in [-0.2, 0) is 11.0 Å². The number of hydrogen-bond acceptors (Lipinski definition) is 4. The molecule has 1 aliphatic rings. The number of carbonyl (C=O) groups excluding carboxylic acids is 2. The number of amides is 2. The van der Waals surface area contributed by atoms with Gasteiger partial charge < -0.3 is 10.2 Å². The molecule has 3 rings (SSSR count). The maximum Gasteiger partial charge on any atom is 0.443 e. The van der Waals surface area contributed by atoms with Crippen molar-refractivity contribution < 1.29 is 22.8 Å². The molecule has 0 saturated carbocycles. The first-order valence-corrected chi connectivity index (χ1v) is 7.66. The number of halogens is 3. The van der Waals surface area contributed by atoms with Gasteiger partial charge in [0.05, 0.1) is 15.8 Å². The van der Waals surface area contributed by atoms with Gasteiger partial charge in [0.15, 0.2) is 5.01 Å². The van der Waals surface area contributed by atoms with E-state index >= 15 is 0 Å².